The van der Waals surface area contributed by atoms with Gasteiger partial charge in [-0.25, -0.2) is 21.9 Å². The van der Waals surface area contributed by atoms with E-state index in [4.69, 9.17) is 23.2 Å². The molecule has 3 N–H and O–H groups in total. The fourth-order valence-corrected chi connectivity index (χ4v) is 7.55. The molecule has 1 unspecified atom stereocenters. The molecule has 4 aromatic carbocycles. The van der Waals surface area contributed by atoms with E-state index in [2.05, 4.69) is 9.71 Å². The van der Waals surface area contributed by atoms with Crippen molar-refractivity contribution < 1.29 is 22.3 Å². The van der Waals surface area contributed by atoms with Gasteiger partial charge < -0.3 is 14.7 Å². The lowest BCUT2D eigenvalue weighted by Crippen LogP contribution is -2.28. The first kappa shape index (κ1) is 30.8. The number of H-pyrrole nitrogens is 1. The highest BCUT2D eigenvalue weighted by atomic mass is 35.5. The molecular weight excluding hydrogens is 643 g/mol. The third-order valence-corrected chi connectivity index (χ3v) is 10.0. The van der Waals surface area contributed by atoms with Crippen LogP contribution < -0.4 is 10.3 Å². The molecule has 0 amide bonds. The second-order valence-electron chi connectivity index (χ2n) is 10.5. The highest BCUT2D eigenvalue weighted by Crippen LogP contribution is 2.42. The van der Waals surface area contributed by atoms with E-state index >= 15 is 4.39 Å². The Kier molecular flexibility index (Phi) is 8.17. The van der Waals surface area contributed by atoms with E-state index in [9.17, 15) is 22.7 Å². The largest absolute Gasteiger partial charge is 0.507 e. The van der Waals surface area contributed by atoms with E-state index in [1.165, 1.54) is 29.8 Å². The summed E-state index contributed by atoms with van der Waals surface area (Å²) < 4.78 is 60.6. The van der Waals surface area contributed by atoms with Crippen molar-refractivity contribution in [3.05, 3.63) is 139 Å². The molecule has 0 aliphatic carbocycles. The molecule has 0 saturated carbocycles. The van der Waals surface area contributed by atoms with Crippen LogP contribution in [0, 0.1) is 11.6 Å². The summed E-state index contributed by atoms with van der Waals surface area (Å²) in [7, 11) is -2.56. The van der Waals surface area contributed by atoms with Crippen molar-refractivity contribution in [2.75, 3.05) is 6.54 Å². The van der Waals surface area contributed by atoms with Crippen LogP contribution in [-0.2, 0) is 23.5 Å². The number of hydrogen-bond acceptors (Lipinski definition) is 4. The molecule has 6 aromatic rings. The molecule has 0 saturated heterocycles. The fraction of sp³-hybridized carbons (Fsp3) is 0.121. The van der Waals surface area contributed by atoms with Gasteiger partial charge in [-0.1, -0.05) is 53.5 Å². The van der Waals surface area contributed by atoms with Crippen molar-refractivity contribution in [2.45, 2.75) is 17.2 Å². The van der Waals surface area contributed by atoms with Gasteiger partial charge in [0, 0.05) is 46.2 Å². The Morgan fingerprint density at radius 3 is 2.44 bits per heavy atom. The molecule has 6 rings (SSSR count). The number of hydrogen-bond donors (Lipinski definition) is 3. The maximum atomic E-state index is 15.6. The summed E-state index contributed by atoms with van der Waals surface area (Å²) >= 11 is 12.2. The van der Waals surface area contributed by atoms with Gasteiger partial charge >= 0.3 is 0 Å². The highest BCUT2D eigenvalue weighted by Gasteiger charge is 2.32. The molecule has 0 spiro atoms. The number of pyridine rings is 1. The van der Waals surface area contributed by atoms with Gasteiger partial charge in [0.15, 0.2) is 0 Å². The third kappa shape index (κ3) is 5.59. The van der Waals surface area contributed by atoms with Crippen LogP contribution in [0.4, 0.5) is 8.78 Å². The van der Waals surface area contributed by atoms with Crippen LogP contribution in [-0.4, -0.2) is 29.6 Å². The van der Waals surface area contributed by atoms with Crippen LogP contribution in [0.3, 0.4) is 0 Å². The number of aromatic hydroxyl groups is 1. The number of aromatic amines is 1. The first-order chi connectivity index (χ1) is 21.5. The molecule has 230 valence electrons. The summed E-state index contributed by atoms with van der Waals surface area (Å²) in [6, 6.07) is 20.9. The summed E-state index contributed by atoms with van der Waals surface area (Å²) in [6.07, 6.45) is 0.0683. The maximum absolute atomic E-state index is 15.6. The van der Waals surface area contributed by atoms with Crippen molar-refractivity contribution in [3.8, 4) is 5.75 Å². The summed E-state index contributed by atoms with van der Waals surface area (Å²) in [5.74, 6) is -3.21. The van der Waals surface area contributed by atoms with Crippen molar-refractivity contribution in [3.63, 3.8) is 0 Å². The minimum absolute atomic E-state index is 0.0102. The number of rotatable bonds is 8. The Morgan fingerprint density at radius 1 is 0.956 bits per heavy atom. The average molecular weight is 669 g/mol. The van der Waals surface area contributed by atoms with Gasteiger partial charge in [0.2, 0.25) is 10.0 Å². The molecule has 2 aromatic heterocycles. The van der Waals surface area contributed by atoms with Crippen LogP contribution in [0.5, 0.6) is 5.75 Å². The van der Waals surface area contributed by atoms with Gasteiger partial charge in [-0.2, -0.15) is 0 Å². The number of benzene rings is 4. The predicted molar refractivity (Wildman–Crippen MR) is 172 cm³/mol. The number of aromatic nitrogens is 2. The lowest BCUT2D eigenvalue weighted by atomic mass is 9.84. The van der Waals surface area contributed by atoms with E-state index < -0.39 is 33.1 Å². The van der Waals surface area contributed by atoms with Crippen LogP contribution in [0.15, 0.2) is 94.6 Å². The number of nitrogens with one attached hydrogen (secondary N) is 2. The van der Waals surface area contributed by atoms with Crippen LogP contribution in [0.1, 0.15) is 28.3 Å². The Labute approximate surface area is 266 Å². The topological polar surface area (TPSA) is 104 Å². The molecule has 7 nitrogen and oxygen atoms in total. The zero-order valence-electron chi connectivity index (χ0n) is 23.6. The molecule has 0 radical (unpaired) electrons. The molecular formula is C33H25Cl2F2N3O4S. The quantitative estimate of drug-likeness (QED) is 0.162. The Balaban J connectivity index is 1.54. The van der Waals surface area contributed by atoms with Gasteiger partial charge in [0.25, 0.3) is 5.56 Å². The van der Waals surface area contributed by atoms with E-state index in [1.54, 1.807) is 48.5 Å². The Hall–Kier alpha value is -4.22. The summed E-state index contributed by atoms with van der Waals surface area (Å²) in [4.78, 5) is 17.0. The van der Waals surface area contributed by atoms with E-state index in [0.717, 1.165) is 18.2 Å². The number of aryl methyl sites for hydroxylation is 1. The van der Waals surface area contributed by atoms with Gasteiger partial charge in [-0.3, -0.25) is 4.79 Å². The number of fused-ring (bicyclic) bond motifs is 2. The monoisotopic (exact) mass is 667 g/mol. The molecule has 1 atom stereocenters. The number of sulfonamides is 1. The minimum atomic E-state index is -4.09. The molecule has 0 aliphatic heterocycles. The van der Waals surface area contributed by atoms with Crippen molar-refractivity contribution in [1.82, 2.24) is 14.3 Å². The third-order valence-electron chi connectivity index (χ3n) is 7.85. The Bertz CT molecular complexity index is 2290. The van der Waals surface area contributed by atoms with E-state index in [-0.39, 0.29) is 44.8 Å². The predicted octanol–water partition coefficient (Wildman–Crippen LogP) is 7.01. The SMILES string of the molecule is Cn1c(=O)c(C(c2cc(F)ccc2F)c2[nH]c3ccccc3c2CCNS(=O)(=O)c2cc(Cl)ccc2Cl)c(O)c2ccccc21. The van der Waals surface area contributed by atoms with Gasteiger partial charge in [-0.05, 0) is 66.6 Å². The second kappa shape index (κ2) is 11.9. The zero-order valence-corrected chi connectivity index (χ0v) is 25.9. The highest BCUT2D eigenvalue weighted by molar-refractivity contribution is 7.89. The lowest BCUT2D eigenvalue weighted by Gasteiger charge is -2.22. The minimum Gasteiger partial charge on any atom is -0.507 e. The number of nitrogens with zero attached hydrogens (tertiary/aromatic N) is 1. The molecule has 0 bridgehead atoms. The van der Waals surface area contributed by atoms with E-state index in [0.29, 0.717) is 33.1 Å². The molecule has 0 aliphatic rings. The molecule has 2 heterocycles. The van der Waals surface area contributed by atoms with Crippen LogP contribution in [0.2, 0.25) is 10.0 Å². The summed E-state index contributed by atoms with van der Waals surface area (Å²) in [5.41, 5.74) is 0.935. The second-order valence-corrected chi connectivity index (χ2v) is 13.1. The number of para-hydroxylation sites is 2. The van der Waals surface area contributed by atoms with Crippen LogP contribution in [0.25, 0.3) is 21.8 Å². The standard InChI is InChI=1S/C33H25Cl2F2N3O4S/c1-40-27-9-5-3-7-22(27)32(41)30(33(40)42)29(23-17-19(36)11-13-25(23)37)31-21(20-6-2-4-8-26(20)39-31)14-15-38-45(43,44)28-16-18(34)10-12-24(28)35/h2-13,16-17,29,38-39,41H,14-15H2,1H3. The van der Waals surface area contributed by atoms with Crippen molar-refractivity contribution in [2.24, 2.45) is 7.05 Å². The van der Waals surface area contributed by atoms with Crippen molar-refractivity contribution >= 4 is 55.0 Å². The Morgan fingerprint density at radius 2 is 1.67 bits per heavy atom. The first-order valence-corrected chi connectivity index (χ1v) is 16.0. The lowest BCUT2D eigenvalue weighted by molar-refractivity contribution is 0.468. The molecule has 45 heavy (non-hydrogen) atoms. The van der Waals surface area contributed by atoms with Gasteiger partial charge in [0.1, 0.15) is 22.3 Å². The smallest absolute Gasteiger partial charge is 0.258 e. The number of halogens is 4. The molecule has 0 fully saturated rings. The summed E-state index contributed by atoms with van der Waals surface area (Å²) in [5, 5.41) is 12.8. The first-order valence-electron chi connectivity index (χ1n) is 13.8. The van der Waals surface area contributed by atoms with Gasteiger partial charge in [-0.15, -0.1) is 0 Å². The fourth-order valence-electron chi connectivity index (χ4n) is 5.76. The van der Waals surface area contributed by atoms with Crippen molar-refractivity contribution in [1.29, 1.82) is 0 Å². The van der Waals surface area contributed by atoms with Gasteiger partial charge in [0.05, 0.1) is 22.0 Å². The summed E-state index contributed by atoms with van der Waals surface area (Å²) in [6.45, 7) is -0.125. The van der Waals surface area contributed by atoms with E-state index in [1.807, 2.05) is 0 Å². The zero-order chi connectivity index (χ0) is 32.0. The average Bonchev–Trinajstić information content (AvgIpc) is 3.38. The molecule has 12 heteroatoms. The normalized spacial score (nSPS) is 12.6. The van der Waals surface area contributed by atoms with Crippen LogP contribution >= 0.6 is 23.2 Å². The maximum Gasteiger partial charge on any atom is 0.258 e.